The van der Waals surface area contributed by atoms with Crippen LogP contribution in [-0.2, 0) is 11.3 Å². The highest BCUT2D eigenvalue weighted by Gasteiger charge is 2.16. The highest BCUT2D eigenvalue weighted by Crippen LogP contribution is 2.26. The monoisotopic (exact) mass is 435 g/mol. The van der Waals surface area contributed by atoms with Crippen LogP contribution in [0, 0.1) is 5.82 Å². The van der Waals surface area contributed by atoms with Gasteiger partial charge in [-0.15, -0.1) is 10.2 Å². The third-order valence-corrected chi connectivity index (χ3v) is 4.92. The number of aromatic nitrogens is 2. The number of benzene rings is 1. The zero-order valence-corrected chi connectivity index (χ0v) is 16.7. The van der Waals surface area contributed by atoms with Gasteiger partial charge in [0.1, 0.15) is 11.6 Å². The molecule has 0 aliphatic heterocycles. The van der Waals surface area contributed by atoms with Gasteiger partial charge in [0, 0.05) is 12.6 Å². The summed E-state index contributed by atoms with van der Waals surface area (Å²) in [6.45, 7) is 2.16. The van der Waals surface area contributed by atoms with Gasteiger partial charge in [0.15, 0.2) is 5.01 Å². The van der Waals surface area contributed by atoms with Crippen LogP contribution in [0.1, 0.15) is 43.6 Å². The Kier molecular flexibility index (Phi) is 6.73. The Balaban J connectivity index is 1.63. The second-order valence-electron chi connectivity index (χ2n) is 5.64. The van der Waals surface area contributed by atoms with Crippen molar-refractivity contribution in [3.63, 3.8) is 0 Å². The minimum absolute atomic E-state index is 0.0562. The molecule has 0 unspecified atom stereocenters. The summed E-state index contributed by atoms with van der Waals surface area (Å²) < 4.78 is 23.1. The number of furan rings is 1. The van der Waals surface area contributed by atoms with Gasteiger partial charge in [0.2, 0.25) is 10.8 Å². The molecule has 0 saturated heterocycles. The molecule has 3 rings (SSSR count). The molecule has 3 aromatic rings. The van der Waals surface area contributed by atoms with Crippen molar-refractivity contribution in [1.29, 1.82) is 0 Å². The first-order valence-electron chi connectivity index (χ1n) is 8.47. The molecule has 2 heterocycles. The first-order valence-corrected chi connectivity index (χ1v) is 9.66. The Morgan fingerprint density at radius 2 is 1.93 bits per heavy atom. The molecular formula is C19H15ClFN3O4S. The summed E-state index contributed by atoms with van der Waals surface area (Å²) in [5.74, 6) is -0.957. The lowest BCUT2D eigenvalue weighted by atomic mass is 10.2. The summed E-state index contributed by atoms with van der Waals surface area (Å²) in [6, 6.07) is 8.83. The van der Waals surface area contributed by atoms with E-state index in [4.69, 9.17) is 20.8 Å². The van der Waals surface area contributed by atoms with E-state index in [2.05, 4.69) is 15.5 Å². The molecule has 7 nitrogen and oxygen atoms in total. The molecule has 2 aromatic heterocycles. The van der Waals surface area contributed by atoms with Crippen LogP contribution in [0.25, 0.3) is 11.1 Å². The number of rotatable bonds is 7. The second kappa shape index (κ2) is 9.44. The van der Waals surface area contributed by atoms with Crippen molar-refractivity contribution < 1.29 is 23.1 Å². The number of nitrogens with zero attached hydrogens (tertiary/aromatic N) is 2. The van der Waals surface area contributed by atoms with Crippen LogP contribution >= 0.6 is 22.9 Å². The van der Waals surface area contributed by atoms with Gasteiger partial charge >= 0.3 is 5.97 Å². The Morgan fingerprint density at radius 3 is 2.66 bits per heavy atom. The fourth-order valence-electron chi connectivity index (χ4n) is 2.20. The lowest BCUT2D eigenvalue weighted by Crippen LogP contribution is -2.22. The summed E-state index contributed by atoms with van der Waals surface area (Å²) in [6.07, 6.45) is 1.46. The van der Waals surface area contributed by atoms with E-state index in [0.29, 0.717) is 10.8 Å². The number of carbonyl (C=O) groups is 2. The largest absolute Gasteiger partial charge is 0.460 e. The molecule has 0 aliphatic rings. The molecule has 1 amide bonds. The second-order valence-corrected chi connectivity index (χ2v) is 7.02. The van der Waals surface area contributed by atoms with Gasteiger partial charge in [-0.1, -0.05) is 35.1 Å². The van der Waals surface area contributed by atoms with Gasteiger partial charge in [0.25, 0.3) is 5.91 Å². The molecule has 0 saturated carbocycles. The van der Waals surface area contributed by atoms with Gasteiger partial charge in [0.05, 0.1) is 11.6 Å². The zero-order chi connectivity index (χ0) is 20.8. The van der Waals surface area contributed by atoms with E-state index in [1.807, 2.05) is 0 Å². The first-order chi connectivity index (χ1) is 14.0. The predicted octanol–water partition coefficient (Wildman–Crippen LogP) is 4.11. The first kappa shape index (κ1) is 20.7. The molecule has 29 heavy (non-hydrogen) atoms. The highest BCUT2D eigenvalue weighted by atomic mass is 35.5. The number of amides is 1. The number of nitrogens with one attached hydrogen (secondary N) is 1. The van der Waals surface area contributed by atoms with Crippen molar-refractivity contribution in [2.75, 3.05) is 6.61 Å². The van der Waals surface area contributed by atoms with Crippen LogP contribution in [0.3, 0.4) is 0 Å². The van der Waals surface area contributed by atoms with Gasteiger partial charge in [-0.25, -0.2) is 9.18 Å². The van der Waals surface area contributed by atoms with Crippen LogP contribution < -0.4 is 5.32 Å². The minimum Gasteiger partial charge on any atom is -0.460 e. The third kappa shape index (κ3) is 5.49. The third-order valence-electron chi connectivity index (χ3n) is 3.56. The average molecular weight is 436 g/mol. The predicted molar refractivity (Wildman–Crippen MR) is 106 cm³/mol. The van der Waals surface area contributed by atoms with Gasteiger partial charge in [-0.05, 0) is 36.8 Å². The molecule has 0 aliphatic carbocycles. The number of halogens is 2. The van der Waals surface area contributed by atoms with Crippen LogP contribution in [0.4, 0.5) is 4.39 Å². The van der Waals surface area contributed by atoms with E-state index in [0.717, 1.165) is 16.9 Å². The molecule has 0 spiro atoms. The van der Waals surface area contributed by atoms with Crippen molar-refractivity contribution in [2.24, 2.45) is 0 Å². The molecular weight excluding hydrogens is 421 g/mol. The fraction of sp³-hybridized carbons (Fsp3) is 0.158. The normalized spacial score (nSPS) is 11.3. The van der Waals surface area contributed by atoms with Crippen molar-refractivity contribution in [3.8, 4) is 0 Å². The maximum atomic E-state index is 12.9. The molecule has 0 bridgehead atoms. The smallest absolute Gasteiger partial charge is 0.374 e. The minimum atomic E-state index is -0.570. The van der Waals surface area contributed by atoms with Crippen molar-refractivity contribution in [1.82, 2.24) is 15.5 Å². The summed E-state index contributed by atoms with van der Waals surface area (Å²) in [5, 5.41) is 11.0. The fourth-order valence-corrected chi connectivity index (χ4v) is 3.13. The molecule has 10 heteroatoms. The summed E-state index contributed by atoms with van der Waals surface area (Å²) in [7, 11) is 0. The Morgan fingerprint density at radius 1 is 1.21 bits per heavy atom. The maximum Gasteiger partial charge on any atom is 0.374 e. The standard InChI is InChI=1S/C19H15ClFN3O4S/c1-2-27-19(26)15-8-7-13(28-15)9-14(20)17-23-24-18(29-17)16(25)22-10-11-3-5-12(21)6-4-11/h3-9H,2,10H2,1H3,(H,22,25). The van der Waals surface area contributed by atoms with E-state index in [1.54, 1.807) is 25.1 Å². The number of hydrogen-bond donors (Lipinski definition) is 1. The summed E-state index contributed by atoms with van der Waals surface area (Å²) >= 11 is 7.22. The number of esters is 1. The van der Waals surface area contributed by atoms with E-state index in [-0.39, 0.29) is 34.8 Å². The van der Waals surface area contributed by atoms with Crippen molar-refractivity contribution in [2.45, 2.75) is 13.5 Å². The SMILES string of the molecule is CCOC(=O)c1ccc(C=C(Cl)c2nnc(C(=O)NCc3ccc(F)cc3)s2)o1. The quantitative estimate of drug-likeness (QED) is 0.561. The summed E-state index contributed by atoms with van der Waals surface area (Å²) in [4.78, 5) is 23.8. The molecule has 0 fully saturated rings. The average Bonchev–Trinajstić information content (AvgIpc) is 3.37. The van der Waals surface area contributed by atoms with Crippen LogP contribution in [0.15, 0.2) is 40.8 Å². The topological polar surface area (TPSA) is 94.3 Å². The van der Waals surface area contributed by atoms with E-state index in [1.165, 1.54) is 24.3 Å². The Bertz CT molecular complexity index is 1050. The molecule has 1 N–H and O–H groups in total. The van der Waals surface area contributed by atoms with Gasteiger partial charge in [-0.3, -0.25) is 4.79 Å². The van der Waals surface area contributed by atoms with Gasteiger partial charge in [-0.2, -0.15) is 0 Å². The zero-order valence-electron chi connectivity index (χ0n) is 15.1. The van der Waals surface area contributed by atoms with E-state index in [9.17, 15) is 14.0 Å². The van der Waals surface area contributed by atoms with Crippen molar-refractivity contribution >= 4 is 45.9 Å². The van der Waals surface area contributed by atoms with Crippen molar-refractivity contribution in [3.05, 3.63) is 69.3 Å². The maximum absolute atomic E-state index is 12.9. The lowest BCUT2D eigenvalue weighted by molar-refractivity contribution is 0.0489. The molecule has 150 valence electrons. The van der Waals surface area contributed by atoms with E-state index >= 15 is 0 Å². The lowest BCUT2D eigenvalue weighted by Gasteiger charge is -2.02. The van der Waals surface area contributed by atoms with Gasteiger partial charge < -0.3 is 14.5 Å². The number of hydrogen-bond acceptors (Lipinski definition) is 7. The molecule has 1 aromatic carbocycles. The van der Waals surface area contributed by atoms with Crippen LogP contribution in [0.5, 0.6) is 0 Å². The highest BCUT2D eigenvalue weighted by molar-refractivity contribution is 7.15. The van der Waals surface area contributed by atoms with Crippen LogP contribution in [0.2, 0.25) is 0 Å². The number of ether oxygens (including phenoxy) is 1. The Hall–Kier alpha value is -3.04. The number of carbonyl (C=O) groups excluding carboxylic acids is 2. The Labute approximate surface area is 174 Å². The van der Waals surface area contributed by atoms with E-state index < -0.39 is 11.9 Å². The molecule has 0 radical (unpaired) electrons. The summed E-state index contributed by atoms with van der Waals surface area (Å²) in [5.41, 5.74) is 0.748. The van der Waals surface area contributed by atoms with Crippen LogP contribution in [-0.4, -0.2) is 28.7 Å². The molecule has 0 atom stereocenters.